The van der Waals surface area contributed by atoms with Gasteiger partial charge >= 0.3 is 0 Å². The molecule has 3 rings (SSSR count). The van der Waals surface area contributed by atoms with Gasteiger partial charge in [0, 0.05) is 25.2 Å². The summed E-state index contributed by atoms with van der Waals surface area (Å²) in [6.07, 6.45) is 1.92. The van der Waals surface area contributed by atoms with Crippen molar-refractivity contribution in [2.75, 3.05) is 11.4 Å². The molecular weight excluding hydrogens is 300 g/mol. The third-order valence-electron chi connectivity index (χ3n) is 4.27. The van der Waals surface area contributed by atoms with Gasteiger partial charge in [0.2, 0.25) is 11.8 Å². The van der Waals surface area contributed by atoms with Crippen molar-refractivity contribution in [2.24, 2.45) is 0 Å². The first-order valence-corrected chi connectivity index (χ1v) is 8.33. The zero-order valence-corrected chi connectivity index (χ0v) is 13.9. The summed E-state index contributed by atoms with van der Waals surface area (Å²) in [5, 5.41) is 2.95. The Morgan fingerprint density at radius 3 is 2.62 bits per heavy atom. The van der Waals surface area contributed by atoms with Gasteiger partial charge in [0.25, 0.3) is 0 Å². The topological polar surface area (TPSA) is 49.4 Å². The third-order valence-corrected chi connectivity index (χ3v) is 4.27. The second kappa shape index (κ2) is 7.30. The summed E-state index contributed by atoms with van der Waals surface area (Å²) in [7, 11) is 0. The number of rotatable bonds is 5. The Morgan fingerprint density at radius 2 is 1.92 bits per heavy atom. The Bertz CT molecular complexity index is 738. The van der Waals surface area contributed by atoms with Crippen LogP contribution in [0.25, 0.3) is 0 Å². The SMILES string of the molecule is Cc1ccc(CC(=O)NCc2cccc(N3CCCC3=O)c2)cc1. The molecule has 0 radical (unpaired) electrons. The summed E-state index contributed by atoms with van der Waals surface area (Å²) in [6, 6.07) is 15.8. The molecule has 4 heteroatoms. The minimum atomic E-state index is 0.00139. The van der Waals surface area contributed by atoms with E-state index in [1.165, 1.54) is 5.56 Å². The molecule has 0 spiro atoms. The lowest BCUT2D eigenvalue weighted by molar-refractivity contribution is -0.120. The summed E-state index contributed by atoms with van der Waals surface area (Å²) < 4.78 is 0. The van der Waals surface area contributed by atoms with Crippen molar-refractivity contribution in [2.45, 2.75) is 32.7 Å². The lowest BCUT2D eigenvalue weighted by Gasteiger charge is -2.16. The Kier molecular flexibility index (Phi) is 4.94. The summed E-state index contributed by atoms with van der Waals surface area (Å²) in [4.78, 5) is 25.7. The number of nitrogens with one attached hydrogen (secondary N) is 1. The molecule has 2 aromatic carbocycles. The Morgan fingerprint density at radius 1 is 1.12 bits per heavy atom. The van der Waals surface area contributed by atoms with Gasteiger partial charge in [-0.3, -0.25) is 9.59 Å². The molecule has 0 aromatic heterocycles. The minimum absolute atomic E-state index is 0.00139. The Balaban J connectivity index is 1.57. The van der Waals surface area contributed by atoms with E-state index in [9.17, 15) is 9.59 Å². The molecule has 24 heavy (non-hydrogen) atoms. The monoisotopic (exact) mass is 322 g/mol. The highest BCUT2D eigenvalue weighted by molar-refractivity contribution is 5.95. The predicted molar refractivity (Wildman–Crippen MR) is 94.8 cm³/mol. The molecule has 1 saturated heterocycles. The smallest absolute Gasteiger partial charge is 0.227 e. The number of carbonyl (C=O) groups excluding carboxylic acids is 2. The Labute approximate surface area is 142 Å². The van der Waals surface area contributed by atoms with Crippen LogP contribution in [0.2, 0.25) is 0 Å². The number of nitrogens with zero attached hydrogens (tertiary/aromatic N) is 1. The summed E-state index contributed by atoms with van der Waals surface area (Å²) in [6.45, 7) is 3.28. The molecule has 1 N–H and O–H groups in total. The quantitative estimate of drug-likeness (QED) is 0.920. The number of hydrogen-bond donors (Lipinski definition) is 1. The van der Waals surface area contributed by atoms with Gasteiger partial charge in [0.15, 0.2) is 0 Å². The zero-order valence-electron chi connectivity index (χ0n) is 13.9. The van der Waals surface area contributed by atoms with Crippen LogP contribution in [0, 0.1) is 6.92 Å². The Hall–Kier alpha value is -2.62. The van der Waals surface area contributed by atoms with Crippen molar-refractivity contribution >= 4 is 17.5 Å². The van der Waals surface area contributed by atoms with Crippen LogP contribution in [0.5, 0.6) is 0 Å². The normalized spacial score (nSPS) is 14.0. The van der Waals surface area contributed by atoms with Crippen LogP contribution >= 0.6 is 0 Å². The van der Waals surface area contributed by atoms with Crippen molar-refractivity contribution in [1.82, 2.24) is 5.32 Å². The molecule has 1 heterocycles. The first-order chi connectivity index (χ1) is 11.6. The van der Waals surface area contributed by atoms with Gasteiger partial charge in [-0.05, 0) is 36.6 Å². The lowest BCUT2D eigenvalue weighted by atomic mass is 10.1. The molecule has 4 nitrogen and oxygen atoms in total. The van der Waals surface area contributed by atoms with E-state index in [2.05, 4.69) is 5.32 Å². The van der Waals surface area contributed by atoms with Crippen molar-refractivity contribution in [3.8, 4) is 0 Å². The maximum atomic E-state index is 12.1. The number of benzene rings is 2. The van der Waals surface area contributed by atoms with Crippen LogP contribution in [0.1, 0.15) is 29.5 Å². The van der Waals surface area contributed by atoms with Gasteiger partial charge < -0.3 is 10.2 Å². The molecule has 0 aliphatic carbocycles. The van der Waals surface area contributed by atoms with Crippen LogP contribution < -0.4 is 10.2 Å². The van der Waals surface area contributed by atoms with E-state index in [0.717, 1.165) is 29.8 Å². The van der Waals surface area contributed by atoms with E-state index in [1.54, 1.807) is 0 Å². The van der Waals surface area contributed by atoms with Crippen molar-refractivity contribution in [3.05, 3.63) is 65.2 Å². The highest BCUT2D eigenvalue weighted by Crippen LogP contribution is 2.22. The number of hydrogen-bond acceptors (Lipinski definition) is 2. The van der Waals surface area contributed by atoms with Crippen LogP contribution in [0.4, 0.5) is 5.69 Å². The van der Waals surface area contributed by atoms with E-state index in [4.69, 9.17) is 0 Å². The molecule has 124 valence electrons. The van der Waals surface area contributed by atoms with E-state index in [-0.39, 0.29) is 11.8 Å². The molecule has 0 saturated carbocycles. The molecule has 1 aliphatic rings. The molecule has 1 fully saturated rings. The van der Waals surface area contributed by atoms with Crippen LogP contribution in [-0.4, -0.2) is 18.4 Å². The van der Waals surface area contributed by atoms with E-state index >= 15 is 0 Å². The van der Waals surface area contributed by atoms with Gasteiger partial charge in [-0.2, -0.15) is 0 Å². The average Bonchev–Trinajstić information content (AvgIpc) is 3.01. The molecule has 0 bridgehead atoms. The highest BCUT2D eigenvalue weighted by atomic mass is 16.2. The van der Waals surface area contributed by atoms with Crippen LogP contribution in [-0.2, 0) is 22.6 Å². The third kappa shape index (κ3) is 4.02. The van der Waals surface area contributed by atoms with E-state index in [1.807, 2.05) is 60.4 Å². The van der Waals surface area contributed by atoms with Gasteiger partial charge in [0.1, 0.15) is 0 Å². The molecule has 2 aromatic rings. The predicted octanol–water partition coefficient (Wildman–Crippen LogP) is 2.98. The van der Waals surface area contributed by atoms with Gasteiger partial charge in [-0.15, -0.1) is 0 Å². The zero-order chi connectivity index (χ0) is 16.9. The average molecular weight is 322 g/mol. The molecule has 0 unspecified atom stereocenters. The van der Waals surface area contributed by atoms with E-state index < -0.39 is 0 Å². The first kappa shape index (κ1) is 16.2. The standard InChI is InChI=1S/C20H22N2O2/c1-15-7-9-16(10-8-15)13-19(23)21-14-17-4-2-5-18(12-17)22-11-3-6-20(22)24/h2,4-5,7-10,12H,3,6,11,13-14H2,1H3,(H,21,23). The van der Waals surface area contributed by atoms with Crippen molar-refractivity contribution < 1.29 is 9.59 Å². The summed E-state index contributed by atoms with van der Waals surface area (Å²) in [5.41, 5.74) is 4.12. The fraction of sp³-hybridized carbons (Fsp3) is 0.300. The molecule has 0 atom stereocenters. The largest absolute Gasteiger partial charge is 0.352 e. The number of anilines is 1. The van der Waals surface area contributed by atoms with Gasteiger partial charge in [-0.1, -0.05) is 42.0 Å². The number of aryl methyl sites for hydroxylation is 1. The van der Waals surface area contributed by atoms with Crippen LogP contribution in [0.3, 0.4) is 0 Å². The maximum absolute atomic E-state index is 12.1. The van der Waals surface area contributed by atoms with Gasteiger partial charge in [0.05, 0.1) is 6.42 Å². The van der Waals surface area contributed by atoms with Gasteiger partial charge in [-0.25, -0.2) is 0 Å². The summed E-state index contributed by atoms with van der Waals surface area (Å²) in [5.74, 6) is 0.178. The van der Waals surface area contributed by atoms with Crippen LogP contribution in [0.15, 0.2) is 48.5 Å². The van der Waals surface area contributed by atoms with Crippen molar-refractivity contribution in [1.29, 1.82) is 0 Å². The van der Waals surface area contributed by atoms with E-state index in [0.29, 0.717) is 19.4 Å². The second-order valence-corrected chi connectivity index (χ2v) is 6.26. The fourth-order valence-corrected chi connectivity index (χ4v) is 2.91. The second-order valence-electron chi connectivity index (χ2n) is 6.26. The molecular formula is C20H22N2O2. The molecule has 1 aliphatic heterocycles. The number of carbonyl (C=O) groups is 2. The first-order valence-electron chi connectivity index (χ1n) is 8.33. The lowest BCUT2D eigenvalue weighted by Crippen LogP contribution is -2.26. The molecule has 2 amide bonds. The maximum Gasteiger partial charge on any atom is 0.227 e. The fourth-order valence-electron chi connectivity index (χ4n) is 2.91. The highest BCUT2D eigenvalue weighted by Gasteiger charge is 2.21. The number of amides is 2. The summed E-state index contributed by atoms with van der Waals surface area (Å²) >= 11 is 0. The minimum Gasteiger partial charge on any atom is -0.352 e. The van der Waals surface area contributed by atoms with Crippen molar-refractivity contribution in [3.63, 3.8) is 0 Å².